The summed E-state index contributed by atoms with van der Waals surface area (Å²) in [6.45, 7) is 6.87. The molecule has 1 atom stereocenters. The van der Waals surface area contributed by atoms with E-state index in [-0.39, 0.29) is 11.7 Å². The summed E-state index contributed by atoms with van der Waals surface area (Å²) >= 11 is 0. The van der Waals surface area contributed by atoms with Gasteiger partial charge < -0.3 is 4.74 Å². The number of rotatable bonds is 4. The molecule has 1 aromatic carbocycles. The molecule has 23 heavy (non-hydrogen) atoms. The quantitative estimate of drug-likeness (QED) is 0.640. The summed E-state index contributed by atoms with van der Waals surface area (Å²) in [5.41, 5.74) is 0.0232. The SMILES string of the molecule is CC#CC(C)(C)OC(=O)c1cc(F)nn1[C@H](C)c1ccccc1. The van der Waals surface area contributed by atoms with E-state index >= 15 is 0 Å². The highest BCUT2D eigenvalue weighted by Gasteiger charge is 2.26. The van der Waals surface area contributed by atoms with Crippen molar-refractivity contribution in [3.8, 4) is 11.8 Å². The minimum Gasteiger partial charge on any atom is -0.442 e. The van der Waals surface area contributed by atoms with E-state index in [0.29, 0.717) is 0 Å². The van der Waals surface area contributed by atoms with Crippen LogP contribution in [-0.2, 0) is 4.74 Å². The number of hydrogen-bond acceptors (Lipinski definition) is 3. The molecule has 0 saturated heterocycles. The van der Waals surface area contributed by atoms with Crippen LogP contribution in [0.25, 0.3) is 0 Å². The van der Waals surface area contributed by atoms with Gasteiger partial charge in [-0.3, -0.25) is 0 Å². The second kappa shape index (κ2) is 6.66. The third-order valence-corrected chi connectivity index (χ3v) is 3.34. The molecule has 0 aliphatic heterocycles. The molecule has 4 nitrogen and oxygen atoms in total. The fourth-order valence-corrected chi connectivity index (χ4v) is 2.30. The Morgan fingerprint density at radius 3 is 2.61 bits per heavy atom. The molecular formula is C18H19FN2O2. The fourth-order valence-electron chi connectivity index (χ4n) is 2.30. The molecule has 0 spiro atoms. The van der Waals surface area contributed by atoms with E-state index in [4.69, 9.17) is 4.74 Å². The first-order chi connectivity index (χ1) is 10.8. The number of ether oxygens (including phenoxy) is 1. The molecule has 2 rings (SSSR count). The number of hydrogen-bond donors (Lipinski definition) is 0. The van der Waals surface area contributed by atoms with Crippen molar-refractivity contribution >= 4 is 5.97 Å². The molecule has 2 aromatic rings. The van der Waals surface area contributed by atoms with E-state index in [1.165, 1.54) is 4.68 Å². The predicted octanol–water partition coefficient (Wildman–Crippen LogP) is 3.59. The molecule has 0 unspecified atom stereocenters. The number of halogens is 1. The standard InChI is InChI=1S/C18H19FN2O2/c1-5-11-18(3,4)23-17(22)15-12-16(19)20-21(15)13(2)14-9-7-6-8-10-14/h6-10,12-13H,1-4H3/t13-/m1/s1. The van der Waals surface area contributed by atoms with Gasteiger partial charge >= 0.3 is 5.97 Å². The maximum atomic E-state index is 13.6. The van der Waals surface area contributed by atoms with Crippen LogP contribution in [0.4, 0.5) is 4.39 Å². The lowest BCUT2D eigenvalue weighted by molar-refractivity contribution is 0.0189. The van der Waals surface area contributed by atoms with Gasteiger partial charge in [-0.2, -0.15) is 4.39 Å². The lowest BCUT2D eigenvalue weighted by Gasteiger charge is -2.20. The Hall–Kier alpha value is -2.61. The van der Waals surface area contributed by atoms with Gasteiger partial charge in [-0.25, -0.2) is 9.48 Å². The summed E-state index contributed by atoms with van der Waals surface area (Å²) in [5.74, 6) is 4.12. The zero-order valence-corrected chi connectivity index (χ0v) is 13.6. The molecule has 0 bridgehead atoms. The molecule has 0 aliphatic rings. The summed E-state index contributed by atoms with van der Waals surface area (Å²) < 4.78 is 20.3. The number of nitrogens with zero attached hydrogens (tertiary/aromatic N) is 2. The predicted molar refractivity (Wildman–Crippen MR) is 85.4 cm³/mol. The zero-order chi connectivity index (χ0) is 17.0. The van der Waals surface area contributed by atoms with Gasteiger partial charge in [-0.15, -0.1) is 11.0 Å². The van der Waals surface area contributed by atoms with Crippen LogP contribution in [0.15, 0.2) is 36.4 Å². The van der Waals surface area contributed by atoms with Crippen LogP contribution in [0, 0.1) is 17.8 Å². The average Bonchev–Trinajstić information content (AvgIpc) is 2.89. The third kappa shape index (κ3) is 3.98. The Bertz CT molecular complexity index is 754. The lowest BCUT2D eigenvalue weighted by Crippen LogP contribution is -2.28. The minimum absolute atomic E-state index is 0.0600. The zero-order valence-electron chi connectivity index (χ0n) is 13.6. The molecule has 0 amide bonds. The Morgan fingerprint density at radius 1 is 1.35 bits per heavy atom. The average molecular weight is 314 g/mol. The van der Waals surface area contributed by atoms with E-state index in [0.717, 1.165) is 11.6 Å². The van der Waals surface area contributed by atoms with E-state index in [9.17, 15) is 9.18 Å². The molecule has 5 heteroatoms. The van der Waals surface area contributed by atoms with Gasteiger partial charge in [0.05, 0.1) is 6.04 Å². The van der Waals surface area contributed by atoms with Crippen molar-refractivity contribution in [2.45, 2.75) is 39.3 Å². The van der Waals surface area contributed by atoms with E-state index in [2.05, 4.69) is 16.9 Å². The van der Waals surface area contributed by atoms with Crippen molar-refractivity contribution in [2.75, 3.05) is 0 Å². The lowest BCUT2D eigenvalue weighted by atomic mass is 10.1. The summed E-state index contributed by atoms with van der Waals surface area (Å²) in [6.07, 6.45) is 0. The molecule has 0 N–H and O–H groups in total. The third-order valence-electron chi connectivity index (χ3n) is 3.34. The maximum absolute atomic E-state index is 13.6. The van der Waals surface area contributed by atoms with Crippen molar-refractivity contribution in [3.05, 3.63) is 53.6 Å². The van der Waals surface area contributed by atoms with Crippen LogP contribution < -0.4 is 0 Å². The van der Waals surface area contributed by atoms with Crippen LogP contribution in [0.5, 0.6) is 0 Å². The van der Waals surface area contributed by atoms with Crippen molar-refractivity contribution in [1.29, 1.82) is 0 Å². The highest BCUT2D eigenvalue weighted by molar-refractivity contribution is 5.88. The Kier molecular flexibility index (Phi) is 4.85. The number of aromatic nitrogens is 2. The van der Waals surface area contributed by atoms with Gasteiger partial charge in [0.1, 0.15) is 5.69 Å². The van der Waals surface area contributed by atoms with E-state index in [1.807, 2.05) is 37.3 Å². The monoisotopic (exact) mass is 314 g/mol. The van der Waals surface area contributed by atoms with Crippen LogP contribution in [0.3, 0.4) is 0 Å². The van der Waals surface area contributed by atoms with Crippen LogP contribution in [0.1, 0.15) is 49.8 Å². The fraction of sp³-hybridized carbons (Fsp3) is 0.333. The van der Waals surface area contributed by atoms with Gasteiger partial charge in [0.15, 0.2) is 5.60 Å². The van der Waals surface area contributed by atoms with Gasteiger partial charge in [0.25, 0.3) is 0 Å². The highest BCUT2D eigenvalue weighted by Crippen LogP contribution is 2.21. The normalized spacial score (nSPS) is 12.2. The van der Waals surface area contributed by atoms with Gasteiger partial charge in [-0.05, 0) is 33.3 Å². The van der Waals surface area contributed by atoms with Crippen molar-refractivity contribution in [2.24, 2.45) is 0 Å². The highest BCUT2D eigenvalue weighted by atomic mass is 19.1. The van der Waals surface area contributed by atoms with Gasteiger partial charge in [-0.1, -0.05) is 36.3 Å². The molecule has 1 aromatic heterocycles. The smallest absolute Gasteiger partial charge is 0.358 e. The van der Waals surface area contributed by atoms with Crippen LogP contribution in [-0.4, -0.2) is 21.4 Å². The van der Waals surface area contributed by atoms with E-state index < -0.39 is 17.5 Å². The molecule has 0 fully saturated rings. The van der Waals surface area contributed by atoms with Crippen LogP contribution >= 0.6 is 0 Å². The van der Waals surface area contributed by atoms with Crippen molar-refractivity contribution < 1.29 is 13.9 Å². The maximum Gasteiger partial charge on any atom is 0.358 e. The largest absolute Gasteiger partial charge is 0.442 e. The summed E-state index contributed by atoms with van der Waals surface area (Å²) in [4.78, 5) is 12.4. The summed E-state index contributed by atoms with van der Waals surface area (Å²) in [6, 6.07) is 10.2. The van der Waals surface area contributed by atoms with Gasteiger partial charge in [0.2, 0.25) is 5.95 Å². The minimum atomic E-state index is -0.951. The molecule has 0 aliphatic carbocycles. The first-order valence-corrected chi connectivity index (χ1v) is 7.31. The van der Waals surface area contributed by atoms with Gasteiger partial charge in [0, 0.05) is 6.07 Å². The summed E-state index contributed by atoms with van der Waals surface area (Å²) in [7, 11) is 0. The molecule has 0 radical (unpaired) electrons. The Balaban J connectivity index is 2.33. The number of esters is 1. The second-order valence-electron chi connectivity index (χ2n) is 5.66. The molecule has 120 valence electrons. The summed E-state index contributed by atoms with van der Waals surface area (Å²) in [5, 5.41) is 3.80. The van der Waals surface area contributed by atoms with Crippen LogP contribution in [0.2, 0.25) is 0 Å². The number of benzene rings is 1. The molecule has 0 saturated carbocycles. The Labute approximate surface area is 135 Å². The topological polar surface area (TPSA) is 44.1 Å². The first kappa shape index (κ1) is 16.8. The Morgan fingerprint density at radius 2 is 2.00 bits per heavy atom. The molecule has 1 heterocycles. The van der Waals surface area contributed by atoms with Crippen molar-refractivity contribution in [1.82, 2.24) is 9.78 Å². The van der Waals surface area contributed by atoms with Crippen molar-refractivity contribution in [3.63, 3.8) is 0 Å². The molecular weight excluding hydrogens is 295 g/mol. The van der Waals surface area contributed by atoms with E-state index in [1.54, 1.807) is 20.8 Å². The number of carbonyl (C=O) groups excluding carboxylic acids is 1. The first-order valence-electron chi connectivity index (χ1n) is 7.31. The second-order valence-corrected chi connectivity index (χ2v) is 5.66. The number of carbonyl (C=O) groups is 1.